The Morgan fingerprint density at radius 2 is 1.78 bits per heavy atom. The fourth-order valence-corrected chi connectivity index (χ4v) is 2.33. The summed E-state index contributed by atoms with van der Waals surface area (Å²) in [7, 11) is 0. The molecule has 0 saturated carbocycles. The standard InChI is InChI=1S/C17H18N4O.ClH/c1-2-14(18)16-19-15-11-7-6-10-13(15)17(22)21(16)20-12-8-4-3-5-9-12;/h3-11,14,20H,2,18H2,1H3;1H/t14-;/m0./s1. The largest absolute Gasteiger partial charge is 0.321 e. The molecule has 3 rings (SSSR count). The fraction of sp³-hybridized carbons (Fsp3) is 0.176. The second-order valence-electron chi connectivity index (χ2n) is 5.12. The van der Waals surface area contributed by atoms with Crippen LogP contribution >= 0.6 is 12.4 Å². The van der Waals surface area contributed by atoms with E-state index < -0.39 is 0 Å². The highest BCUT2D eigenvalue weighted by molar-refractivity contribution is 5.85. The first-order valence-electron chi connectivity index (χ1n) is 7.30. The Morgan fingerprint density at radius 1 is 1.13 bits per heavy atom. The number of rotatable bonds is 4. The van der Waals surface area contributed by atoms with Gasteiger partial charge in [0.25, 0.3) is 5.56 Å². The van der Waals surface area contributed by atoms with Gasteiger partial charge in [0.2, 0.25) is 0 Å². The maximum atomic E-state index is 12.8. The average Bonchev–Trinajstić information content (AvgIpc) is 2.57. The van der Waals surface area contributed by atoms with E-state index in [-0.39, 0.29) is 24.0 Å². The molecule has 0 amide bonds. The lowest BCUT2D eigenvalue weighted by atomic mass is 10.2. The van der Waals surface area contributed by atoms with Crippen molar-refractivity contribution >= 4 is 29.0 Å². The summed E-state index contributed by atoms with van der Waals surface area (Å²) in [5.74, 6) is 0.537. The number of aromatic nitrogens is 2. The number of hydrogen-bond acceptors (Lipinski definition) is 4. The zero-order valence-corrected chi connectivity index (χ0v) is 13.6. The zero-order valence-electron chi connectivity index (χ0n) is 12.8. The van der Waals surface area contributed by atoms with E-state index >= 15 is 0 Å². The molecule has 1 atom stereocenters. The van der Waals surface area contributed by atoms with Gasteiger partial charge >= 0.3 is 0 Å². The van der Waals surface area contributed by atoms with Crippen molar-refractivity contribution in [2.75, 3.05) is 5.43 Å². The van der Waals surface area contributed by atoms with Gasteiger partial charge < -0.3 is 5.73 Å². The molecule has 0 aliphatic carbocycles. The molecule has 0 fully saturated rings. The molecule has 0 saturated heterocycles. The van der Waals surface area contributed by atoms with Gasteiger partial charge in [0, 0.05) is 0 Å². The number of benzene rings is 2. The summed E-state index contributed by atoms with van der Waals surface area (Å²) in [6, 6.07) is 16.5. The second-order valence-corrected chi connectivity index (χ2v) is 5.12. The molecule has 3 aromatic rings. The van der Waals surface area contributed by atoms with E-state index in [4.69, 9.17) is 5.73 Å². The van der Waals surface area contributed by atoms with E-state index in [1.807, 2.05) is 55.5 Å². The highest BCUT2D eigenvalue weighted by atomic mass is 35.5. The van der Waals surface area contributed by atoms with Crippen LogP contribution in [0.5, 0.6) is 0 Å². The number of nitrogens with one attached hydrogen (secondary N) is 1. The third-order valence-corrected chi connectivity index (χ3v) is 3.59. The van der Waals surface area contributed by atoms with E-state index in [9.17, 15) is 4.79 Å². The minimum atomic E-state index is -0.312. The lowest BCUT2D eigenvalue weighted by Crippen LogP contribution is -2.33. The molecule has 0 radical (unpaired) electrons. The Hall–Kier alpha value is -2.37. The molecule has 0 aliphatic rings. The highest BCUT2D eigenvalue weighted by Crippen LogP contribution is 2.15. The minimum absolute atomic E-state index is 0. The van der Waals surface area contributed by atoms with Gasteiger partial charge in [-0.3, -0.25) is 10.2 Å². The SMILES string of the molecule is CC[C@H](N)c1nc2ccccc2c(=O)n1Nc1ccccc1.Cl. The number of para-hydroxylation sites is 2. The van der Waals surface area contributed by atoms with E-state index in [2.05, 4.69) is 10.4 Å². The van der Waals surface area contributed by atoms with Gasteiger partial charge in [-0.2, -0.15) is 0 Å². The van der Waals surface area contributed by atoms with E-state index in [1.54, 1.807) is 6.07 Å². The summed E-state index contributed by atoms with van der Waals surface area (Å²) in [6.45, 7) is 1.97. The van der Waals surface area contributed by atoms with Gasteiger partial charge in [-0.25, -0.2) is 9.66 Å². The summed E-state index contributed by atoms with van der Waals surface area (Å²) < 4.78 is 1.45. The molecule has 0 unspecified atom stereocenters. The summed E-state index contributed by atoms with van der Waals surface area (Å²) in [5, 5.41) is 0.568. The Balaban J connectivity index is 0.00000192. The minimum Gasteiger partial charge on any atom is -0.321 e. The Bertz CT molecular complexity index is 848. The third kappa shape index (κ3) is 3.36. The van der Waals surface area contributed by atoms with Gasteiger partial charge in [-0.15, -0.1) is 12.4 Å². The summed E-state index contributed by atoms with van der Waals surface area (Å²) >= 11 is 0. The summed E-state index contributed by atoms with van der Waals surface area (Å²) in [6.07, 6.45) is 0.696. The van der Waals surface area contributed by atoms with Crippen LogP contribution in [0.4, 0.5) is 5.69 Å². The molecular formula is C17H19ClN4O. The van der Waals surface area contributed by atoms with Crippen LogP contribution in [0.15, 0.2) is 59.4 Å². The molecule has 2 aromatic carbocycles. The molecule has 0 bridgehead atoms. The smallest absolute Gasteiger partial charge is 0.280 e. The van der Waals surface area contributed by atoms with Crippen LogP contribution in [0.1, 0.15) is 25.2 Å². The average molecular weight is 331 g/mol. The first-order valence-corrected chi connectivity index (χ1v) is 7.30. The maximum absolute atomic E-state index is 12.8. The number of hydrogen-bond donors (Lipinski definition) is 2. The highest BCUT2D eigenvalue weighted by Gasteiger charge is 2.15. The molecule has 120 valence electrons. The van der Waals surface area contributed by atoms with Crippen LogP contribution in [-0.2, 0) is 0 Å². The molecule has 0 spiro atoms. The van der Waals surface area contributed by atoms with Gasteiger partial charge in [0.05, 0.1) is 22.6 Å². The van der Waals surface area contributed by atoms with Crippen molar-refractivity contribution in [2.24, 2.45) is 5.73 Å². The molecule has 5 nitrogen and oxygen atoms in total. The van der Waals surface area contributed by atoms with Crippen molar-refractivity contribution in [1.29, 1.82) is 0 Å². The van der Waals surface area contributed by atoms with Crippen LogP contribution in [0.2, 0.25) is 0 Å². The first kappa shape index (κ1) is 17.0. The molecule has 6 heteroatoms. The molecule has 1 aromatic heterocycles. The van der Waals surface area contributed by atoms with Crippen LogP contribution in [-0.4, -0.2) is 9.66 Å². The normalized spacial score (nSPS) is 11.7. The van der Waals surface area contributed by atoms with Gasteiger partial charge in [-0.05, 0) is 30.7 Å². The predicted molar refractivity (Wildman–Crippen MR) is 95.9 cm³/mol. The Kier molecular flexibility index (Phi) is 5.36. The van der Waals surface area contributed by atoms with Crippen molar-refractivity contribution in [3.05, 3.63) is 70.8 Å². The number of nitrogens with zero attached hydrogens (tertiary/aromatic N) is 2. The van der Waals surface area contributed by atoms with Crippen LogP contribution < -0.4 is 16.7 Å². The van der Waals surface area contributed by atoms with Gasteiger partial charge in [0.15, 0.2) is 0 Å². The van der Waals surface area contributed by atoms with Crippen LogP contribution in [0.3, 0.4) is 0 Å². The van der Waals surface area contributed by atoms with Crippen molar-refractivity contribution < 1.29 is 0 Å². The van der Waals surface area contributed by atoms with Gasteiger partial charge in [-0.1, -0.05) is 37.3 Å². The van der Waals surface area contributed by atoms with Crippen LogP contribution in [0.25, 0.3) is 10.9 Å². The molecule has 23 heavy (non-hydrogen) atoms. The molecule has 3 N–H and O–H groups in total. The fourth-order valence-electron chi connectivity index (χ4n) is 2.33. The Morgan fingerprint density at radius 3 is 2.48 bits per heavy atom. The van der Waals surface area contributed by atoms with E-state index in [0.29, 0.717) is 23.1 Å². The maximum Gasteiger partial charge on any atom is 0.280 e. The quantitative estimate of drug-likeness (QED) is 0.771. The van der Waals surface area contributed by atoms with Crippen molar-refractivity contribution in [1.82, 2.24) is 9.66 Å². The third-order valence-electron chi connectivity index (χ3n) is 3.59. The van der Waals surface area contributed by atoms with E-state index in [0.717, 1.165) is 5.69 Å². The predicted octanol–water partition coefficient (Wildman–Crippen LogP) is 3.10. The topological polar surface area (TPSA) is 72.9 Å². The first-order chi connectivity index (χ1) is 10.7. The number of halogens is 1. The number of anilines is 1. The molecule has 0 aliphatic heterocycles. The van der Waals surface area contributed by atoms with Gasteiger partial charge in [0.1, 0.15) is 5.82 Å². The second kappa shape index (κ2) is 7.26. The summed E-state index contributed by atoms with van der Waals surface area (Å²) in [5.41, 5.74) is 10.6. The monoisotopic (exact) mass is 330 g/mol. The number of nitrogens with two attached hydrogens (primary N) is 1. The lowest BCUT2D eigenvalue weighted by Gasteiger charge is -2.18. The molecule has 1 heterocycles. The van der Waals surface area contributed by atoms with Crippen molar-refractivity contribution in [3.8, 4) is 0 Å². The lowest BCUT2D eigenvalue weighted by molar-refractivity contribution is 0.608. The van der Waals surface area contributed by atoms with E-state index in [1.165, 1.54) is 4.68 Å². The zero-order chi connectivity index (χ0) is 15.5. The summed E-state index contributed by atoms with van der Waals surface area (Å²) in [4.78, 5) is 17.4. The van der Waals surface area contributed by atoms with Crippen molar-refractivity contribution in [3.63, 3.8) is 0 Å². The van der Waals surface area contributed by atoms with Crippen molar-refractivity contribution in [2.45, 2.75) is 19.4 Å². The number of fused-ring (bicyclic) bond motifs is 1. The Labute approximate surface area is 140 Å². The molecular weight excluding hydrogens is 312 g/mol. The van der Waals surface area contributed by atoms with Crippen LogP contribution in [0, 0.1) is 0 Å².